The molecule has 0 bridgehead atoms. The van der Waals surface area contributed by atoms with Crippen molar-refractivity contribution in [2.75, 3.05) is 0 Å². The molecule has 130 valence electrons. The van der Waals surface area contributed by atoms with Crippen LogP contribution in [0.1, 0.15) is 57.6 Å². The maximum Gasteiger partial charge on any atom is 0.0935 e. The third kappa shape index (κ3) is 4.29. The van der Waals surface area contributed by atoms with Crippen molar-refractivity contribution >= 4 is 23.2 Å². The first kappa shape index (κ1) is 19.2. The SMILES string of the molecule is CCc1nc(-c2ccc(Cl)cc2Cl)c(CC)nc1CC(CC)CC. The molecule has 0 aliphatic heterocycles. The summed E-state index contributed by atoms with van der Waals surface area (Å²) in [6, 6.07) is 5.56. The van der Waals surface area contributed by atoms with E-state index >= 15 is 0 Å². The molecule has 0 atom stereocenters. The zero-order chi connectivity index (χ0) is 17.7. The van der Waals surface area contributed by atoms with Crippen molar-refractivity contribution in [1.29, 1.82) is 0 Å². The van der Waals surface area contributed by atoms with Gasteiger partial charge in [0.2, 0.25) is 0 Å². The van der Waals surface area contributed by atoms with E-state index in [9.17, 15) is 0 Å². The second-order valence-corrected chi connectivity index (χ2v) is 6.97. The molecule has 2 aromatic rings. The Bertz CT molecular complexity index is 694. The van der Waals surface area contributed by atoms with E-state index in [0.29, 0.717) is 16.0 Å². The summed E-state index contributed by atoms with van der Waals surface area (Å²) in [4.78, 5) is 9.94. The van der Waals surface area contributed by atoms with Gasteiger partial charge in [-0.05, 0) is 43.4 Å². The second kappa shape index (κ2) is 8.82. The lowest BCUT2D eigenvalue weighted by Crippen LogP contribution is -2.11. The van der Waals surface area contributed by atoms with Crippen molar-refractivity contribution in [1.82, 2.24) is 9.97 Å². The quantitative estimate of drug-likeness (QED) is 0.556. The van der Waals surface area contributed by atoms with Crippen LogP contribution in [-0.2, 0) is 19.3 Å². The zero-order valence-electron chi connectivity index (χ0n) is 15.0. The number of hydrogen-bond donors (Lipinski definition) is 0. The van der Waals surface area contributed by atoms with Crippen LogP contribution in [0.3, 0.4) is 0 Å². The Balaban J connectivity index is 2.53. The molecule has 24 heavy (non-hydrogen) atoms. The monoisotopic (exact) mass is 364 g/mol. The third-order valence-electron chi connectivity index (χ3n) is 4.62. The Morgan fingerprint density at radius 3 is 2.08 bits per heavy atom. The average Bonchev–Trinajstić information content (AvgIpc) is 2.59. The summed E-state index contributed by atoms with van der Waals surface area (Å²) < 4.78 is 0. The van der Waals surface area contributed by atoms with Gasteiger partial charge in [-0.25, -0.2) is 4.98 Å². The predicted octanol–water partition coefficient (Wildman–Crippen LogP) is 6.55. The fourth-order valence-corrected chi connectivity index (χ4v) is 3.48. The van der Waals surface area contributed by atoms with Gasteiger partial charge in [0.1, 0.15) is 0 Å². The minimum absolute atomic E-state index is 0.626. The van der Waals surface area contributed by atoms with E-state index in [4.69, 9.17) is 33.2 Å². The molecule has 1 aromatic carbocycles. The van der Waals surface area contributed by atoms with Crippen LogP contribution in [0.25, 0.3) is 11.3 Å². The fourth-order valence-electron chi connectivity index (χ4n) is 2.99. The van der Waals surface area contributed by atoms with E-state index in [1.54, 1.807) is 6.07 Å². The van der Waals surface area contributed by atoms with Crippen LogP contribution in [0.4, 0.5) is 0 Å². The molecular formula is C20H26Cl2N2. The third-order valence-corrected chi connectivity index (χ3v) is 5.16. The highest BCUT2D eigenvalue weighted by Crippen LogP contribution is 2.32. The van der Waals surface area contributed by atoms with Crippen LogP contribution in [0.5, 0.6) is 0 Å². The maximum atomic E-state index is 6.41. The van der Waals surface area contributed by atoms with Crippen LogP contribution >= 0.6 is 23.2 Å². The summed E-state index contributed by atoms with van der Waals surface area (Å²) >= 11 is 12.4. The van der Waals surface area contributed by atoms with Crippen LogP contribution < -0.4 is 0 Å². The first-order chi connectivity index (χ1) is 11.5. The summed E-state index contributed by atoms with van der Waals surface area (Å²) in [5, 5.41) is 1.26. The zero-order valence-corrected chi connectivity index (χ0v) is 16.5. The largest absolute Gasteiger partial charge is 0.254 e. The van der Waals surface area contributed by atoms with Crippen molar-refractivity contribution in [3.8, 4) is 11.3 Å². The van der Waals surface area contributed by atoms with Crippen molar-refractivity contribution in [2.45, 2.75) is 59.8 Å². The first-order valence-corrected chi connectivity index (χ1v) is 9.63. The molecule has 0 unspecified atom stereocenters. The molecular weight excluding hydrogens is 339 g/mol. The molecule has 0 saturated carbocycles. The Kier molecular flexibility index (Phi) is 7.06. The van der Waals surface area contributed by atoms with Crippen molar-refractivity contribution in [2.24, 2.45) is 5.92 Å². The fraction of sp³-hybridized carbons (Fsp3) is 0.500. The molecule has 1 heterocycles. The van der Waals surface area contributed by atoms with E-state index in [1.165, 1.54) is 12.8 Å². The Labute approximate surface area is 155 Å². The smallest absolute Gasteiger partial charge is 0.0935 e. The van der Waals surface area contributed by atoms with Gasteiger partial charge in [-0.15, -0.1) is 0 Å². The number of benzene rings is 1. The highest BCUT2D eigenvalue weighted by molar-refractivity contribution is 6.36. The van der Waals surface area contributed by atoms with Crippen LogP contribution in [-0.4, -0.2) is 9.97 Å². The highest BCUT2D eigenvalue weighted by Gasteiger charge is 2.17. The number of aromatic nitrogens is 2. The van der Waals surface area contributed by atoms with Crippen LogP contribution in [0.2, 0.25) is 10.0 Å². The van der Waals surface area contributed by atoms with Gasteiger partial charge >= 0.3 is 0 Å². The molecule has 0 saturated heterocycles. The summed E-state index contributed by atoms with van der Waals surface area (Å²) in [7, 11) is 0. The molecule has 0 radical (unpaired) electrons. The Morgan fingerprint density at radius 2 is 1.54 bits per heavy atom. The van der Waals surface area contributed by atoms with Crippen LogP contribution in [0, 0.1) is 5.92 Å². The van der Waals surface area contributed by atoms with Gasteiger partial charge in [0, 0.05) is 10.6 Å². The molecule has 2 rings (SSSR count). The van der Waals surface area contributed by atoms with Crippen molar-refractivity contribution in [3.63, 3.8) is 0 Å². The standard InChI is InChI=1S/C20H26Cl2N2/c1-5-13(6-2)11-19-17(7-3)24-20(18(8-4)23-19)15-10-9-14(21)12-16(15)22/h9-10,12-13H,5-8,11H2,1-4H3. The molecule has 4 heteroatoms. The number of hydrogen-bond acceptors (Lipinski definition) is 2. The molecule has 0 aliphatic rings. The number of rotatable bonds is 7. The molecule has 2 nitrogen and oxygen atoms in total. The Hall–Kier alpha value is -1.12. The lowest BCUT2D eigenvalue weighted by molar-refractivity contribution is 0.481. The van der Waals surface area contributed by atoms with E-state index < -0.39 is 0 Å². The first-order valence-electron chi connectivity index (χ1n) is 8.87. The topological polar surface area (TPSA) is 25.8 Å². The second-order valence-electron chi connectivity index (χ2n) is 6.13. The number of nitrogens with zero attached hydrogens (tertiary/aromatic N) is 2. The average molecular weight is 365 g/mol. The van der Waals surface area contributed by atoms with Crippen LogP contribution in [0.15, 0.2) is 18.2 Å². The lowest BCUT2D eigenvalue weighted by Gasteiger charge is -2.17. The number of halogens is 2. The number of aryl methyl sites for hydroxylation is 2. The van der Waals surface area contributed by atoms with E-state index in [1.807, 2.05) is 12.1 Å². The molecule has 0 fully saturated rings. The van der Waals surface area contributed by atoms with Gasteiger partial charge in [-0.3, -0.25) is 4.98 Å². The van der Waals surface area contributed by atoms with Gasteiger partial charge in [0.05, 0.1) is 27.8 Å². The summed E-state index contributed by atoms with van der Waals surface area (Å²) in [5.74, 6) is 0.666. The van der Waals surface area contributed by atoms with Crippen molar-refractivity contribution in [3.05, 3.63) is 45.3 Å². The molecule has 1 aromatic heterocycles. The van der Waals surface area contributed by atoms with E-state index in [2.05, 4.69) is 27.7 Å². The van der Waals surface area contributed by atoms with E-state index in [0.717, 1.165) is 47.6 Å². The van der Waals surface area contributed by atoms with Gasteiger partial charge in [-0.1, -0.05) is 63.7 Å². The molecule has 0 spiro atoms. The van der Waals surface area contributed by atoms with Crippen molar-refractivity contribution < 1.29 is 0 Å². The summed E-state index contributed by atoms with van der Waals surface area (Å²) in [6.45, 7) is 8.74. The highest BCUT2D eigenvalue weighted by atomic mass is 35.5. The van der Waals surface area contributed by atoms with Gasteiger partial charge in [-0.2, -0.15) is 0 Å². The molecule has 0 N–H and O–H groups in total. The summed E-state index contributed by atoms with van der Waals surface area (Å²) in [5.41, 5.74) is 5.05. The van der Waals surface area contributed by atoms with Gasteiger partial charge < -0.3 is 0 Å². The van der Waals surface area contributed by atoms with E-state index in [-0.39, 0.29) is 0 Å². The summed E-state index contributed by atoms with van der Waals surface area (Å²) in [6.07, 6.45) is 5.07. The minimum Gasteiger partial charge on any atom is -0.254 e. The van der Waals surface area contributed by atoms with Gasteiger partial charge in [0.15, 0.2) is 0 Å². The maximum absolute atomic E-state index is 6.41. The normalized spacial score (nSPS) is 11.3. The molecule has 0 aliphatic carbocycles. The predicted molar refractivity (Wildman–Crippen MR) is 104 cm³/mol. The lowest BCUT2D eigenvalue weighted by atomic mass is 9.95. The minimum atomic E-state index is 0.626. The molecule has 0 amide bonds. The Morgan fingerprint density at radius 1 is 0.875 bits per heavy atom. The van der Waals surface area contributed by atoms with Gasteiger partial charge in [0.25, 0.3) is 0 Å².